The number of phenolic OH excluding ortho intramolecular Hbond substituents is 2. The highest BCUT2D eigenvalue weighted by atomic mass is 16.3. The van der Waals surface area contributed by atoms with E-state index >= 15 is 0 Å². The molecule has 0 bridgehead atoms. The van der Waals surface area contributed by atoms with Gasteiger partial charge in [0.05, 0.1) is 0 Å². The molecule has 2 nitrogen and oxygen atoms in total. The van der Waals surface area contributed by atoms with Crippen molar-refractivity contribution >= 4 is 0 Å². The molecule has 1 unspecified atom stereocenters. The molecular formula is C12H18O2. The lowest BCUT2D eigenvalue weighted by molar-refractivity contribution is 0.446. The van der Waals surface area contributed by atoms with E-state index < -0.39 is 0 Å². The van der Waals surface area contributed by atoms with Crippen molar-refractivity contribution in [3.05, 3.63) is 23.8 Å². The molecule has 0 radical (unpaired) electrons. The molecule has 1 aromatic rings. The van der Waals surface area contributed by atoms with E-state index in [2.05, 4.69) is 13.8 Å². The van der Waals surface area contributed by atoms with Gasteiger partial charge in [0.1, 0.15) is 11.5 Å². The van der Waals surface area contributed by atoms with E-state index in [1.54, 1.807) is 12.1 Å². The summed E-state index contributed by atoms with van der Waals surface area (Å²) in [4.78, 5) is 0. The van der Waals surface area contributed by atoms with Gasteiger partial charge in [-0.3, -0.25) is 0 Å². The Hall–Kier alpha value is -1.18. The summed E-state index contributed by atoms with van der Waals surface area (Å²) in [5, 5.41) is 18.6. The summed E-state index contributed by atoms with van der Waals surface area (Å²) in [6.07, 6.45) is 3.26. The number of hydrogen-bond acceptors (Lipinski definition) is 2. The Morgan fingerprint density at radius 3 is 2.21 bits per heavy atom. The molecule has 0 saturated carbocycles. The molecule has 1 aromatic carbocycles. The van der Waals surface area contributed by atoms with Gasteiger partial charge in [-0.05, 0) is 30.0 Å². The summed E-state index contributed by atoms with van der Waals surface area (Å²) in [7, 11) is 0. The largest absolute Gasteiger partial charge is 0.508 e. The van der Waals surface area contributed by atoms with Crippen LogP contribution in [0.2, 0.25) is 0 Å². The zero-order valence-corrected chi connectivity index (χ0v) is 8.83. The van der Waals surface area contributed by atoms with Crippen molar-refractivity contribution in [1.82, 2.24) is 0 Å². The maximum Gasteiger partial charge on any atom is 0.119 e. The minimum absolute atomic E-state index is 0.142. The lowest BCUT2D eigenvalue weighted by Crippen LogP contribution is -1.98. The van der Waals surface area contributed by atoms with Gasteiger partial charge in [-0.25, -0.2) is 0 Å². The van der Waals surface area contributed by atoms with Crippen molar-refractivity contribution in [2.75, 3.05) is 0 Å². The third-order valence-electron chi connectivity index (χ3n) is 2.33. The van der Waals surface area contributed by atoms with E-state index in [1.165, 1.54) is 18.9 Å². The second-order valence-corrected chi connectivity index (χ2v) is 3.96. The highest BCUT2D eigenvalue weighted by Crippen LogP contribution is 2.23. The third kappa shape index (κ3) is 3.29. The standard InChI is InChI=1S/C12H18O2/c1-3-4-9(2)5-10-6-11(13)8-12(14)7-10/h6-9,13-14H,3-5H2,1-2H3. The van der Waals surface area contributed by atoms with Gasteiger partial charge < -0.3 is 10.2 Å². The van der Waals surface area contributed by atoms with Crippen LogP contribution in [-0.2, 0) is 6.42 Å². The van der Waals surface area contributed by atoms with Crippen molar-refractivity contribution in [2.24, 2.45) is 5.92 Å². The highest BCUT2D eigenvalue weighted by Gasteiger charge is 2.04. The Bertz CT molecular complexity index is 274. The molecule has 0 spiro atoms. The van der Waals surface area contributed by atoms with Crippen LogP contribution in [-0.4, -0.2) is 10.2 Å². The normalized spacial score (nSPS) is 12.7. The SMILES string of the molecule is CCCC(C)Cc1cc(O)cc(O)c1. The molecule has 1 rings (SSSR count). The minimum atomic E-state index is 0.142. The van der Waals surface area contributed by atoms with Gasteiger partial charge in [0.2, 0.25) is 0 Å². The fraction of sp³-hybridized carbons (Fsp3) is 0.500. The second kappa shape index (κ2) is 4.89. The summed E-state index contributed by atoms with van der Waals surface area (Å²) in [6, 6.07) is 4.78. The van der Waals surface area contributed by atoms with Crippen LogP contribution in [0.1, 0.15) is 32.3 Å². The molecule has 0 aliphatic carbocycles. The quantitative estimate of drug-likeness (QED) is 0.773. The summed E-state index contributed by atoms with van der Waals surface area (Å²) < 4.78 is 0. The van der Waals surface area contributed by atoms with Crippen LogP contribution in [0.15, 0.2) is 18.2 Å². The van der Waals surface area contributed by atoms with E-state index in [4.69, 9.17) is 0 Å². The maximum absolute atomic E-state index is 9.28. The number of hydrogen-bond donors (Lipinski definition) is 2. The van der Waals surface area contributed by atoms with E-state index in [9.17, 15) is 10.2 Å². The van der Waals surface area contributed by atoms with E-state index in [1.807, 2.05) is 0 Å². The molecular weight excluding hydrogens is 176 g/mol. The van der Waals surface area contributed by atoms with Crippen LogP contribution in [0, 0.1) is 5.92 Å². The Kier molecular flexibility index (Phi) is 3.81. The molecule has 0 aliphatic rings. The van der Waals surface area contributed by atoms with Crippen LogP contribution in [0.25, 0.3) is 0 Å². The fourth-order valence-corrected chi connectivity index (χ4v) is 1.77. The predicted octanol–water partition coefficient (Wildman–Crippen LogP) is 3.08. The Morgan fingerprint density at radius 1 is 1.14 bits per heavy atom. The Balaban J connectivity index is 2.66. The zero-order valence-electron chi connectivity index (χ0n) is 8.83. The first-order valence-corrected chi connectivity index (χ1v) is 5.13. The average Bonchev–Trinajstić information content (AvgIpc) is 2.01. The zero-order chi connectivity index (χ0) is 10.6. The van der Waals surface area contributed by atoms with E-state index in [0.717, 1.165) is 12.0 Å². The summed E-state index contributed by atoms with van der Waals surface area (Å²) >= 11 is 0. The van der Waals surface area contributed by atoms with Crippen LogP contribution in [0.5, 0.6) is 11.5 Å². The third-order valence-corrected chi connectivity index (χ3v) is 2.33. The molecule has 0 fully saturated rings. The molecule has 0 saturated heterocycles. The topological polar surface area (TPSA) is 40.5 Å². The first-order chi connectivity index (χ1) is 6.61. The van der Waals surface area contributed by atoms with Crippen molar-refractivity contribution in [3.8, 4) is 11.5 Å². The van der Waals surface area contributed by atoms with Crippen LogP contribution in [0.4, 0.5) is 0 Å². The van der Waals surface area contributed by atoms with Gasteiger partial charge in [-0.2, -0.15) is 0 Å². The van der Waals surface area contributed by atoms with Crippen LogP contribution < -0.4 is 0 Å². The molecule has 0 aliphatic heterocycles. The molecule has 2 N–H and O–H groups in total. The van der Waals surface area contributed by atoms with Crippen molar-refractivity contribution in [1.29, 1.82) is 0 Å². The smallest absolute Gasteiger partial charge is 0.119 e. The van der Waals surface area contributed by atoms with Gasteiger partial charge in [-0.15, -0.1) is 0 Å². The van der Waals surface area contributed by atoms with Gasteiger partial charge >= 0.3 is 0 Å². The number of phenols is 2. The molecule has 0 amide bonds. The Morgan fingerprint density at radius 2 is 1.71 bits per heavy atom. The van der Waals surface area contributed by atoms with Crippen molar-refractivity contribution < 1.29 is 10.2 Å². The summed E-state index contributed by atoms with van der Waals surface area (Å²) in [5.74, 6) is 0.883. The predicted molar refractivity (Wildman–Crippen MR) is 57.5 cm³/mol. The molecule has 0 aromatic heterocycles. The number of rotatable bonds is 4. The average molecular weight is 194 g/mol. The van der Waals surface area contributed by atoms with E-state index in [0.29, 0.717) is 5.92 Å². The lowest BCUT2D eigenvalue weighted by atomic mass is 9.97. The minimum Gasteiger partial charge on any atom is -0.508 e. The van der Waals surface area contributed by atoms with Crippen molar-refractivity contribution in [2.45, 2.75) is 33.1 Å². The molecule has 0 heterocycles. The van der Waals surface area contributed by atoms with Gasteiger partial charge in [0.25, 0.3) is 0 Å². The molecule has 1 atom stereocenters. The first kappa shape index (κ1) is 10.9. The molecule has 2 heteroatoms. The number of benzene rings is 1. The van der Waals surface area contributed by atoms with Gasteiger partial charge in [-0.1, -0.05) is 26.7 Å². The molecule has 78 valence electrons. The lowest BCUT2D eigenvalue weighted by Gasteiger charge is -2.10. The monoisotopic (exact) mass is 194 g/mol. The van der Waals surface area contributed by atoms with Crippen molar-refractivity contribution in [3.63, 3.8) is 0 Å². The highest BCUT2D eigenvalue weighted by molar-refractivity contribution is 5.36. The summed E-state index contributed by atoms with van der Waals surface area (Å²) in [5.41, 5.74) is 1.00. The van der Waals surface area contributed by atoms with Crippen LogP contribution in [0.3, 0.4) is 0 Å². The second-order valence-electron chi connectivity index (χ2n) is 3.96. The number of aromatic hydroxyl groups is 2. The van der Waals surface area contributed by atoms with Crippen LogP contribution >= 0.6 is 0 Å². The first-order valence-electron chi connectivity index (χ1n) is 5.13. The molecule has 14 heavy (non-hydrogen) atoms. The van der Waals surface area contributed by atoms with Gasteiger partial charge in [0, 0.05) is 6.07 Å². The van der Waals surface area contributed by atoms with E-state index in [-0.39, 0.29) is 11.5 Å². The Labute approximate surface area is 85.2 Å². The maximum atomic E-state index is 9.28. The fourth-order valence-electron chi connectivity index (χ4n) is 1.77. The summed E-state index contributed by atoms with van der Waals surface area (Å²) in [6.45, 7) is 4.35. The van der Waals surface area contributed by atoms with Gasteiger partial charge in [0.15, 0.2) is 0 Å².